The van der Waals surface area contributed by atoms with Crippen molar-refractivity contribution in [1.29, 1.82) is 0 Å². The first-order chi connectivity index (χ1) is 12.2. The maximum absolute atomic E-state index is 12.5. The molecule has 3 aromatic rings. The SMILES string of the molecule is COc1ccc(C(=O)Nc2cccc(C(=O)c3ccccc3)c2)cc1. The highest BCUT2D eigenvalue weighted by molar-refractivity contribution is 6.10. The number of ketones is 1. The molecule has 4 heteroatoms. The van der Waals surface area contributed by atoms with Crippen LogP contribution in [0.25, 0.3) is 0 Å². The lowest BCUT2D eigenvalue weighted by molar-refractivity contribution is 0.102. The molecule has 0 aliphatic carbocycles. The van der Waals surface area contributed by atoms with Crippen LogP contribution in [-0.4, -0.2) is 18.8 Å². The number of hydrogen-bond donors (Lipinski definition) is 1. The zero-order valence-corrected chi connectivity index (χ0v) is 13.7. The van der Waals surface area contributed by atoms with Crippen molar-refractivity contribution in [3.05, 3.63) is 95.6 Å². The number of anilines is 1. The van der Waals surface area contributed by atoms with Gasteiger partial charge in [0.15, 0.2) is 5.78 Å². The molecule has 0 aliphatic heterocycles. The normalized spacial score (nSPS) is 10.1. The van der Waals surface area contributed by atoms with Crippen LogP contribution in [0.1, 0.15) is 26.3 Å². The van der Waals surface area contributed by atoms with Crippen molar-refractivity contribution in [3.63, 3.8) is 0 Å². The molecule has 0 radical (unpaired) electrons. The van der Waals surface area contributed by atoms with E-state index in [4.69, 9.17) is 4.74 Å². The Balaban J connectivity index is 1.77. The molecule has 25 heavy (non-hydrogen) atoms. The van der Waals surface area contributed by atoms with E-state index in [-0.39, 0.29) is 11.7 Å². The number of rotatable bonds is 5. The number of nitrogens with one attached hydrogen (secondary N) is 1. The topological polar surface area (TPSA) is 55.4 Å². The van der Waals surface area contributed by atoms with Crippen molar-refractivity contribution in [2.24, 2.45) is 0 Å². The molecule has 0 saturated heterocycles. The van der Waals surface area contributed by atoms with Crippen molar-refractivity contribution in [1.82, 2.24) is 0 Å². The van der Waals surface area contributed by atoms with E-state index in [1.54, 1.807) is 67.8 Å². The average molecular weight is 331 g/mol. The summed E-state index contributed by atoms with van der Waals surface area (Å²) in [5, 5.41) is 2.81. The second-order valence-corrected chi connectivity index (χ2v) is 5.46. The lowest BCUT2D eigenvalue weighted by Crippen LogP contribution is -2.12. The molecule has 0 aromatic heterocycles. The molecule has 4 nitrogen and oxygen atoms in total. The fourth-order valence-corrected chi connectivity index (χ4v) is 2.44. The van der Waals surface area contributed by atoms with Crippen molar-refractivity contribution in [2.45, 2.75) is 0 Å². The predicted molar refractivity (Wildman–Crippen MR) is 97.3 cm³/mol. The van der Waals surface area contributed by atoms with E-state index in [1.807, 2.05) is 18.2 Å². The first-order valence-electron chi connectivity index (χ1n) is 7.82. The van der Waals surface area contributed by atoms with Crippen molar-refractivity contribution in [3.8, 4) is 5.75 Å². The number of methoxy groups -OCH3 is 1. The highest BCUT2D eigenvalue weighted by Crippen LogP contribution is 2.17. The number of carbonyl (C=O) groups is 2. The number of benzene rings is 3. The summed E-state index contributed by atoms with van der Waals surface area (Å²) in [6, 6.07) is 22.8. The van der Waals surface area contributed by atoms with Gasteiger partial charge in [0.25, 0.3) is 5.91 Å². The standard InChI is InChI=1S/C21H17NO3/c1-25-19-12-10-16(11-13-19)21(24)22-18-9-5-8-17(14-18)20(23)15-6-3-2-4-7-15/h2-14H,1H3,(H,22,24). The zero-order valence-electron chi connectivity index (χ0n) is 13.7. The smallest absolute Gasteiger partial charge is 0.255 e. The molecule has 124 valence electrons. The van der Waals surface area contributed by atoms with E-state index >= 15 is 0 Å². The van der Waals surface area contributed by atoms with Gasteiger partial charge in [-0.25, -0.2) is 0 Å². The highest BCUT2D eigenvalue weighted by Gasteiger charge is 2.11. The quantitative estimate of drug-likeness (QED) is 0.714. The summed E-state index contributed by atoms with van der Waals surface area (Å²) >= 11 is 0. The number of carbonyl (C=O) groups excluding carboxylic acids is 2. The van der Waals surface area contributed by atoms with Crippen molar-refractivity contribution >= 4 is 17.4 Å². The maximum Gasteiger partial charge on any atom is 0.255 e. The molecule has 3 rings (SSSR count). The van der Waals surface area contributed by atoms with E-state index < -0.39 is 0 Å². The van der Waals surface area contributed by atoms with Gasteiger partial charge in [-0.15, -0.1) is 0 Å². The van der Waals surface area contributed by atoms with Crippen LogP contribution in [0.3, 0.4) is 0 Å². The number of hydrogen-bond acceptors (Lipinski definition) is 3. The Labute approximate surface area is 146 Å². The zero-order chi connectivity index (χ0) is 17.6. The Morgan fingerprint density at radius 3 is 2.12 bits per heavy atom. The van der Waals surface area contributed by atoms with Crippen LogP contribution in [0.15, 0.2) is 78.9 Å². The molecule has 0 spiro atoms. The van der Waals surface area contributed by atoms with Gasteiger partial charge in [-0.1, -0.05) is 42.5 Å². The summed E-state index contributed by atoms with van der Waals surface area (Å²) < 4.78 is 5.08. The van der Waals surface area contributed by atoms with Gasteiger partial charge in [-0.2, -0.15) is 0 Å². The second kappa shape index (κ2) is 7.45. The van der Waals surface area contributed by atoms with Gasteiger partial charge in [0.1, 0.15) is 5.75 Å². The minimum absolute atomic E-state index is 0.0823. The highest BCUT2D eigenvalue weighted by atomic mass is 16.5. The van der Waals surface area contributed by atoms with Gasteiger partial charge >= 0.3 is 0 Å². The van der Waals surface area contributed by atoms with E-state index in [9.17, 15) is 9.59 Å². The molecule has 0 saturated carbocycles. The Morgan fingerprint density at radius 2 is 1.44 bits per heavy atom. The van der Waals surface area contributed by atoms with Crippen molar-refractivity contribution < 1.29 is 14.3 Å². The van der Waals surface area contributed by atoms with Gasteiger partial charge in [0.05, 0.1) is 7.11 Å². The second-order valence-electron chi connectivity index (χ2n) is 5.46. The van der Waals surface area contributed by atoms with Crippen LogP contribution in [0.4, 0.5) is 5.69 Å². The molecule has 0 atom stereocenters. The molecule has 0 bridgehead atoms. The van der Waals surface area contributed by atoms with Crippen molar-refractivity contribution in [2.75, 3.05) is 12.4 Å². The van der Waals surface area contributed by atoms with E-state index in [1.165, 1.54) is 0 Å². The van der Waals surface area contributed by atoms with Crippen LogP contribution in [0.5, 0.6) is 5.75 Å². The summed E-state index contributed by atoms with van der Waals surface area (Å²) in [5.74, 6) is 0.361. The lowest BCUT2D eigenvalue weighted by atomic mass is 10.0. The molecule has 0 aliphatic rings. The van der Waals surface area contributed by atoms with Gasteiger partial charge in [-0.3, -0.25) is 9.59 Å². The Hall–Kier alpha value is -3.40. The molecular weight excluding hydrogens is 314 g/mol. The summed E-state index contributed by atoms with van der Waals surface area (Å²) in [7, 11) is 1.57. The molecule has 0 unspecified atom stereocenters. The third-order valence-electron chi connectivity index (χ3n) is 3.77. The predicted octanol–water partition coefficient (Wildman–Crippen LogP) is 4.18. The van der Waals surface area contributed by atoms with Gasteiger partial charge in [0, 0.05) is 22.4 Å². The molecule has 1 N–H and O–H groups in total. The van der Waals surface area contributed by atoms with Gasteiger partial charge in [0.2, 0.25) is 0 Å². The Kier molecular flexibility index (Phi) is 4.90. The minimum Gasteiger partial charge on any atom is -0.497 e. The molecular formula is C21H17NO3. The first-order valence-corrected chi connectivity index (χ1v) is 7.82. The van der Waals surface area contributed by atoms with Crippen LogP contribution >= 0.6 is 0 Å². The third kappa shape index (κ3) is 3.93. The molecule has 0 heterocycles. The maximum atomic E-state index is 12.5. The lowest BCUT2D eigenvalue weighted by Gasteiger charge is -2.08. The number of ether oxygens (including phenoxy) is 1. The minimum atomic E-state index is -0.244. The van der Waals surface area contributed by atoms with Crippen LogP contribution in [0, 0.1) is 0 Å². The van der Waals surface area contributed by atoms with E-state index in [0.29, 0.717) is 28.1 Å². The summed E-state index contributed by atoms with van der Waals surface area (Å²) in [6.45, 7) is 0. The van der Waals surface area contributed by atoms with Crippen LogP contribution < -0.4 is 10.1 Å². The largest absolute Gasteiger partial charge is 0.497 e. The molecule has 3 aromatic carbocycles. The fraction of sp³-hybridized carbons (Fsp3) is 0.0476. The fourth-order valence-electron chi connectivity index (χ4n) is 2.44. The monoisotopic (exact) mass is 331 g/mol. The average Bonchev–Trinajstić information content (AvgIpc) is 2.68. The van der Waals surface area contributed by atoms with Crippen LogP contribution in [-0.2, 0) is 0 Å². The van der Waals surface area contributed by atoms with Gasteiger partial charge in [-0.05, 0) is 36.4 Å². The van der Waals surface area contributed by atoms with E-state index in [2.05, 4.69) is 5.32 Å². The molecule has 1 amide bonds. The summed E-state index contributed by atoms with van der Waals surface area (Å²) in [5.41, 5.74) is 2.23. The summed E-state index contributed by atoms with van der Waals surface area (Å²) in [6.07, 6.45) is 0. The van der Waals surface area contributed by atoms with Crippen LogP contribution in [0.2, 0.25) is 0 Å². The Bertz CT molecular complexity index is 887. The molecule has 0 fully saturated rings. The Morgan fingerprint density at radius 1 is 0.760 bits per heavy atom. The van der Waals surface area contributed by atoms with Gasteiger partial charge < -0.3 is 10.1 Å². The third-order valence-corrected chi connectivity index (χ3v) is 3.77. The summed E-state index contributed by atoms with van der Waals surface area (Å²) in [4.78, 5) is 24.8. The van der Waals surface area contributed by atoms with E-state index in [0.717, 1.165) is 0 Å². The first kappa shape index (κ1) is 16.5. The number of amides is 1.